The molecular weight excluding hydrogens is 498 g/mol. The van der Waals surface area contributed by atoms with Crippen molar-refractivity contribution in [2.24, 2.45) is 0 Å². The van der Waals surface area contributed by atoms with E-state index in [1.54, 1.807) is 6.07 Å². The van der Waals surface area contributed by atoms with Gasteiger partial charge in [-0.05, 0) is 80.2 Å². The highest BCUT2D eigenvalue weighted by atomic mass is 15.2. The lowest BCUT2D eigenvalue weighted by Crippen LogP contribution is -2.11. The summed E-state index contributed by atoms with van der Waals surface area (Å²) in [5.74, 6) is 0.700. The average Bonchev–Trinajstić information content (AvgIpc) is 3.05. The van der Waals surface area contributed by atoms with Crippen molar-refractivity contribution in [1.29, 1.82) is 5.26 Å². The molecule has 0 spiro atoms. The monoisotopic (exact) mass is 523 g/mol. The van der Waals surface area contributed by atoms with Crippen LogP contribution in [0.4, 0.5) is 17.2 Å². The second kappa shape index (κ2) is 10.4. The zero-order valence-corrected chi connectivity index (χ0v) is 22.3. The van der Waals surface area contributed by atoms with Crippen LogP contribution in [0.15, 0.2) is 152 Å². The van der Waals surface area contributed by atoms with E-state index in [4.69, 9.17) is 0 Å². The normalized spacial score (nSPS) is 10.9. The summed E-state index contributed by atoms with van der Waals surface area (Å²) in [5, 5.41) is 14.4. The zero-order valence-electron chi connectivity index (χ0n) is 22.3. The Morgan fingerprint density at radius 1 is 0.439 bits per heavy atom. The lowest BCUT2D eigenvalue weighted by molar-refractivity contribution is 1.16. The van der Waals surface area contributed by atoms with Gasteiger partial charge in [0.25, 0.3) is 0 Å². The van der Waals surface area contributed by atoms with Crippen LogP contribution in [-0.2, 0) is 0 Å². The molecule has 1 heterocycles. The summed E-state index contributed by atoms with van der Waals surface area (Å²) in [7, 11) is 0. The number of pyridine rings is 1. The van der Waals surface area contributed by atoms with E-state index in [0.717, 1.165) is 16.9 Å². The molecule has 0 radical (unpaired) electrons. The third kappa shape index (κ3) is 4.38. The Morgan fingerprint density at radius 2 is 0.902 bits per heavy atom. The highest BCUT2D eigenvalue weighted by Crippen LogP contribution is 2.44. The summed E-state index contributed by atoms with van der Waals surface area (Å²) in [6.07, 6.45) is 0. The fourth-order valence-electron chi connectivity index (χ4n) is 5.73. The number of para-hydroxylation sites is 1. The van der Waals surface area contributed by atoms with Crippen molar-refractivity contribution in [3.05, 3.63) is 157 Å². The molecule has 0 N–H and O–H groups in total. The first kappa shape index (κ1) is 24.3. The fraction of sp³-hybridized carbons (Fsp3) is 0. The van der Waals surface area contributed by atoms with E-state index in [2.05, 4.69) is 131 Å². The van der Waals surface area contributed by atoms with Crippen molar-refractivity contribution in [1.82, 2.24) is 4.98 Å². The van der Waals surface area contributed by atoms with E-state index in [1.165, 1.54) is 38.2 Å². The minimum absolute atomic E-state index is 0.386. The summed E-state index contributed by atoms with van der Waals surface area (Å²) < 4.78 is 0. The van der Waals surface area contributed by atoms with Crippen LogP contribution in [0.3, 0.4) is 0 Å². The quantitative estimate of drug-likeness (QED) is 0.211. The van der Waals surface area contributed by atoms with Crippen LogP contribution in [0.25, 0.3) is 43.8 Å². The molecule has 0 bridgehead atoms. The van der Waals surface area contributed by atoms with Gasteiger partial charge in [-0.3, -0.25) is 4.90 Å². The van der Waals surface area contributed by atoms with Crippen molar-refractivity contribution in [2.45, 2.75) is 0 Å². The predicted octanol–water partition coefficient (Wildman–Crippen LogP) is 10.1. The number of benzene rings is 6. The van der Waals surface area contributed by atoms with Gasteiger partial charge < -0.3 is 0 Å². The molecule has 0 fully saturated rings. The maximum Gasteiger partial charge on any atom is 0.142 e. The molecule has 192 valence electrons. The number of rotatable bonds is 5. The number of hydrogen-bond donors (Lipinski definition) is 0. The van der Waals surface area contributed by atoms with E-state index < -0.39 is 0 Å². The molecular formula is C38H25N3. The molecule has 1 aromatic heterocycles. The van der Waals surface area contributed by atoms with E-state index >= 15 is 0 Å². The standard InChI is InChI=1S/C38H25N3/c39-26-29-14-11-21-36(40-29)41(30-15-5-2-6-16-30)31-24-22-28(23-25-31)38-34-19-9-7-17-32(34)37(27-12-3-1-4-13-27)33-18-8-10-20-35(33)38/h1-25H. The van der Waals surface area contributed by atoms with Gasteiger partial charge >= 0.3 is 0 Å². The van der Waals surface area contributed by atoms with Crippen LogP contribution in [-0.4, -0.2) is 4.98 Å². The second-order valence-corrected chi connectivity index (χ2v) is 9.92. The van der Waals surface area contributed by atoms with Crippen LogP contribution < -0.4 is 4.90 Å². The molecule has 0 atom stereocenters. The number of fused-ring (bicyclic) bond motifs is 2. The molecule has 0 aliphatic carbocycles. The summed E-state index contributed by atoms with van der Waals surface area (Å²) in [6, 6.07) is 54.5. The van der Waals surface area contributed by atoms with E-state index in [-0.39, 0.29) is 0 Å². The van der Waals surface area contributed by atoms with Gasteiger partial charge in [-0.15, -0.1) is 0 Å². The van der Waals surface area contributed by atoms with Crippen LogP contribution >= 0.6 is 0 Å². The summed E-state index contributed by atoms with van der Waals surface area (Å²) in [5.41, 5.74) is 7.17. The largest absolute Gasteiger partial charge is 0.295 e. The predicted molar refractivity (Wildman–Crippen MR) is 170 cm³/mol. The first-order valence-corrected chi connectivity index (χ1v) is 13.6. The maximum absolute atomic E-state index is 9.48. The fourth-order valence-corrected chi connectivity index (χ4v) is 5.73. The topological polar surface area (TPSA) is 39.9 Å². The number of nitriles is 1. The van der Waals surface area contributed by atoms with Gasteiger partial charge in [0, 0.05) is 11.4 Å². The van der Waals surface area contributed by atoms with E-state index in [1.807, 2.05) is 30.3 Å². The summed E-state index contributed by atoms with van der Waals surface area (Å²) >= 11 is 0. The Labute approximate surface area is 239 Å². The van der Waals surface area contributed by atoms with Gasteiger partial charge in [0.15, 0.2) is 0 Å². The van der Waals surface area contributed by atoms with Crippen molar-refractivity contribution < 1.29 is 0 Å². The second-order valence-electron chi connectivity index (χ2n) is 9.92. The molecule has 0 unspecified atom stereocenters. The van der Waals surface area contributed by atoms with Crippen molar-refractivity contribution in [2.75, 3.05) is 4.90 Å². The Morgan fingerprint density at radius 3 is 1.44 bits per heavy atom. The Bertz CT molecular complexity index is 1980. The number of hydrogen-bond acceptors (Lipinski definition) is 3. The highest BCUT2D eigenvalue weighted by molar-refractivity contribution is 6.21. The Balaban J connectivity index is 1.42. The van der Waals surface area contributed by atoms with E-state index in [9.17, 15) is 5.26 Å². The van der Waals surface area contributed by atoms with E-state index in [0.29, 0.717) is 11.5 Å². The molecule has 0 aliphatic heterocycles. The first-order valence-electron chi connectivity index (χ1n) is 13.6. The SMILES string of the molecule is N#Cc1cccc(N(c2ccccc2)c2ccc(-c3c4ccccc4c(-c4ccccc4)c4ccccc34)cc2)n1. The molecule has 7 aromatic rings. The van der Waals surface area contributed by atoms with Crippen molar-refractivity contribution in [3.8, 4) is 28.3 Å². The molecule has 7 rings (SSSR count). The summed E-state index contributed by atoms with van der Waals surface area (Å²) in [4.78, 5) is 6.69. The maximum atomic E-state index is 9.48. The summed E-state index contributed by atoms with van der Waals surface area (Å²) in [6.45, 7) is 0. The Kier molecular flexibility index (Phi) is 6.20. The average molecular weight is 524 g/mol. The molecule has 6 aromatic carbocycles. The van der Waals surface area contributed by atoms with Gasteiger partial charge in [0.05, 0.1) is 0 Å². The molecule has 0 saturated carbocycles. The molecule has 0 aliphatic rings. The minimum Gasteiger partial charge on any atom is -0.295 e. The number of nitrogens with zero attached hydrogens (tertiary/aromatic N) is 3. The van der Waals surface area contributed by atoms with Gasteiger partial charge in [0.2, 0.25) is 0 Å². The molecule has 0 saturated heterocycles. The minimum atomic E-state index is 0.386. The lowest BCUT2D eigenvalue weighted by Gasteiger charge is -2.25. The van der Waals surface area contributed by atoms with Crippen molar-refractivity contribution >= 4 is 38.7 Å². The zero-order chi connectivity index (χ0) is 27.6. The van der Waals surface area contributed by atoms with Crippen LogP contribution in [0.1, 0.15) is 5.69 Å². The smallest absolute Gasteiger partial charge is 0.142 e. The van der Waals surface area contributed by atoms with Crippen LogP contribution in [0.2, 0.25) is 0 Å². The first-order chi connectivity index (χ1) is 20.3. The highest BCUT2D eigenvalue weighted by Gasteiger charge is 2.18. The molecule has 41 heavy (non-hydrogen) atoms. The number of anilines is 3. The number of aromatic nitrogens is 1. The Hall–Kier alpha value is -5.72. The molecule has 0 amide bonds. The van der Waals surface area contributed by atoms with Crippen LogP contribution in [0, 0.1) is 11.3 Å². The van der Waals surface area contributed by atoms with Gasteiger partial charge in [-0.25, -0.2) is 4.98 Å². The third-order valence-corrected chi connectivity index (χ3v) is 7.50. The lowest BCUT2D eigenvalue weighted by atomic mass is 9.86. The molecule has 3 nitrogen and oxygen atoms in total. The van der Waals surface area contributed by atoms with Crippen molar-refractivity contribution in [3.63, 3.8) is 0 Å². The van der Waals surface area contributed by atoms with Gasteiger partial charge in [0.1, 0.15) is 17.6 Å². The third-order valence-electron chi connectivity index (χ3n) is 7.50. The molecule has 3 heteroatoms. The van der Waals surface area contributed by atoms with Gasteiger partial charge in [-0.2, -0.15) is 5.26 Å². The van der Waals surface area contributed by atoms with Crippen LogP contribution in [0.5, 0.6) is 0 Å². The van der Waals surface area contributed by atoms with Gasteiger partial charge in [-0.1, -0.05) is 115 Å².